The number of halogens is 2. The minimum absolute atomic E-state index is 0.522. The normalized spacial score (nSPS) is 17.8. The number of nitrogens with one attached hydrogen (secondary N) is 1. The topological polar surface area (TPSA) is 44.7 Å². The van der Waals surface area contributed by atoms with Gasteiger partial charge in [0.1, 0.15) is 18.4 Å². The summed E-state index contributed by atoms with van der Waals surface area (Å²) in [7, 11) is 1.59. The first-order valence-corrected chi connectivity index (χ1v) is 8.06. The molecule has 1 fully saturated rings. The van der Waals surface area contributed by atoms with Crippen LogP contribution in [0.3, 0.4) is 0 Å². The van der Waals surface area contributed by atoms with Gasteiger partial charge in [0.2, 0.25) is 0 Å². The maximum atomic E-state index is 14.5. The second-order valence-electron chi connectivity index (χ2n) is 6.08. The predicted octanol–water partition coefficient (Wildman–Crippen LogP) is 2.42. The Kier molecular flexibility index (Phi) is 4.99. The number of benzene rings is 2. The molecule has 0 spiro atoms. The van der Waals surface area contributed by atoms with Crippen molar-refractivity contribution in [2.24, 2.45) is 0 Å². The standard InChI is InChI=1S/C18H22F2N2O2/c1-24-16-5-4-13-10-15(3-2-14(13)11-16)17(18(19,20)12-23)22-8-6-21-7-9-22/h2-5,10-11,17,21,23H,6-9,12H2,1H3/t17-/m1/s1. The third-order valence-electron chi connectivity index (χ3n) is 4.51. The number of alkyl halides is 2. The number of ether oxygens (including phenoxy) is 1. The van der Waals surface area contributed by atoms with E-state index in [1.165, 1.54) is 0 Å². The van der Waals surface area contributed by atoms with E-state index < -0.39 is 18.6 Å². The number of aliphatic hydroxyl groups is 1. The van der Waals surface area contributed by atoms with Crippen LogP contribution in [0.5, 0.6) is 5.75 Å². The van der Waals surface area contributed by atoms with Crippen LogP contribution < -0.4 is 10.1 Å². The number of nitrogens with zero attached hydrogens (tertiary/aromatic N) is 1. The summed E-state index contributed by atoms with van der Waals surface area (Å²) in [6, 6.07) is 9.76. The van der Waals surface area contributed by atoms with E-state index in [1.54, 1.807) is 24.1 Å². The molecule has 3 rings (SSSR count). The van der Waals surface area contributed by atoms with Crippen LogP contribution in [0, 0.1) is 0 Å². The molecule has 2 N–H and O–H groups in total. The first-order chi connectivity index (χ1) is 11.5. The van der Waals surface area contributed by atoms with E-state index in [-0.39, 0.29) is 0 Å². The molecule has 1 aliphatic rings. The van der Waals surface area contributed by atoms with Gasteiger partial charge in [-0.05, 0) is 34.5 Å². The van der Waals surface area contributed by atoms with E-state index in [0.29, 0.717) is 31.7 Å². The fourth-order valence-electron chi connectivity index (χ4n) is 3.29. The minimum Gasteiger partial charge on any atom is -0.497 e. The summed E-state index contributed by atoms with van der Waals surface area (Å²) in [5.74, 6) is -2.47. The number of rotatable bonds is 5. The van der Waals surface area contributed by atoms with Gasteiger partial charge in [-0.3, -0.25) is 4.90 Å². The van der Waals surface area contributed by atoms with Crippen molar-refractivity contribution in [3.8, 4) is 5.75 Å². The zero-order valence-electron chi connectivity index (χ0n) is 13.6. The fourth-order valence-corrected chi connectivity index (χ4v) is 3.29. The summed E-state index contributed by atoms with van der Waals surface area (Å²) in [6.45, 7) is 1.23. The second kappa shape index (κ2) is 7.01. The van der Waals surface area contributed by atoms with Crippen molar-refractivity contribution in [1.82, 2.24) is 10.2 Å². The van der Waals surface area contributed by atoms with E-state index in [0.717, 1.165) is 16.5 Å². The number of piperazine rings is 1. The molecule has 6 heteroatoms. The lowest BCUT2D eigenvalue weighted by molar-refractivity contribution is -0.118. The van der Waals surface area contributed by atoms with Crippen LogP contribution in [0.2, 0.25) is 0 Å². The van der Waals surface area contributed by atoms with Gasteiger partial charge in [-0.15, -0.1) is 0 Å². The lowest BCUT2D eigenvalue weighted by Crippen LogP contribution is -2.51. The largest absolute Gasteiger partial charge is 0.497 e. The average molecular weight is 336 g/mol. The van der Waals surface area contributed by atoms with Gasteiger partial charge < -0.3 is 15.2 Å². The maximum absolute atomic E-state index is 14.5. The molecule has 1 aliphatic heterocycles. The van der Waals surface area contributed by atoms with Gasteiger partial charge in [0.15, 0.2) is 0 Å². The Balaban J connectivity index is 2.01. The van der Waals surface area contributed by atoms with Crippen LogP contribution in [0.4, 0.5) is 8.78 Å². The summed E-state index contributed by atoms with van der Waals surface area (Å²) in [6.07, 6.45) is 0. The molecule has 0 radical (unpaired) electrons. The summed E-state index contributed by atoms with van der Waals surface area (Å²) in [5.41, 5.74) is 0.522. The Morgan fingerprint density at radius 2 is 1.83 bits per heavy atom. The molecule has 1 saturated heterocycles. The first kappa shape index (κ1) is 17.1. The Morgan fingerprint density at radius 1 is 1.17 bits per heavy atom. The molecule has 0 aromatic heterocycles. The highest BCUT2D eigenvalue weighted by Crippen LogP contribution is 2.37. The molecular formula is C18H22F2N2O2. The SMILES string of the molecule is COc1ccc2cc([C@@H](N3CCNCC3)C(F)(F)CO)ccc2c1. The second-order valence-corrected chi connectivity index (χ2v) is 6.08. The maximum Gasteiger partial charge on any atom is 0.289 e. The van der Waals surface area contributed by atoms with Crippen molar-refractivity contribution in [3.05, 3.63) is 42.0 Å². The molecule has 1 atom stereocenters. The lowest BCUT2D eigenvalue weighted by atomic mass is 9.95. The average Bonchev–Trinajstić information content (AvgIpc) is 2.62. The molecule has 2 aromatic rings. The van der Waals surface area contributed by atoms with Crippen LogP contribution in [-0.4, -0.2) is 55.8 Å². The Hall–Kier alpha value is -1.76. The summed E-state index contributed by atoms with van der Waals surface area (Å²) >= 11 is 0. The smallest absolute Gasteiger partial charge is 0.289 e. The highest BCUT2D eigenvalue weighted by atomic mass is 19.3. The van der Waals surface area contributed by atoms with Crippen molar-refractivity contribution < 1.29 is 18.6 Å². The van der Waals surface area contributed by atoms with Gasteiger partial charge in [0.25, 0.3) is 5.92 Å². The van der Waals surface area contributed by atoms with E-state index in [1.807, 2.05) is 24.3 Å². The van der Waals surface area contributed by atoms with Crippen molar-refractivity contribution in [2.45, 2.75) is 12.0 Å². The van der Waals surface area contributed by atoms with Crippen LogP contribution in [-0.2, 0) is 0 Å². The number of fused-ring (bicyclic) bond motifs is 1. The molecule has 4 nitrogen and oxygen atoms in total. The lowest BCUT2D eigenvalue weighted by Gasteiger charge is -2.38. The van der Waals surface area contributed by atoms with Crippen molar-refractivity contribution in [2.75, 3.05) is 39.9 Å². The van der Waals surface area contributed by atoms with E-state index >= 15 is 0 Å². The van der Waals surface area contributed by atoms with E-state index in [4.69, 9.17) is 4.74 Å². The highest BCUT2D eigenvalue weighted by molar-refractivity contribution is 5.84. The molecule has 0 saturated carbocycles. The summed E-state index contributed by atoms with van der Waals surface area (Å²) < 4.78 is 34.1. The molecule has 2 aromatic carbocycles. The number of hydrogen-bond donors (Lipinski definition) is 2. The highest BCUT2D eigenvalue weighted by Gasteiger charge is 2.44. The zero-order chi connectivity index (χ0) is 17.2. The van der Waals surface area contributed by atoms with Crippen molar-refractivity contribution in [3.63, 3.8) is 0 Å². The van der Waals surface area contributed by atoms with Gasteiger partial charge in [0, 0.05) is 26.2 Å². The molecular weight excluding hydrogens is 314 g/mol. The fraction of sp³-hybridized carbons (Fsp3) is 0.444. The molecule has 24 heavy (non-hydrogen) atoms. The van der Waals surface area contributed by atoms with E-state index in [9.17, 15) is 13.9 Å². The quantitative estimate of drug-likeness (QED) is 0.880. The van der Waals surface area contributed by atoms with Gasteiger partial charge in [-0.25, -0.2) is 8.78 Å². The van der Waals surface area contributed by atoms with Crippen molar-refractivity contribution in [1.29, 1.82) is 0 Å². The Bertz CT molecular complexity index is 702. The van der Waals surface area contributed by atoms with Crippen LogP contribution in [0.1, 0.15) is 11.6 Å². The number of aliphatic hydroxyl groups excluding tert-OH is 1. The van der Waals surface area contributed by atoms with Crippen LogP contribution in [0.25, 0.3) is 10.8 Å². The third-order valence-corrected chi connectivity index (χ3v) is 4.51. The Labute approximate surface area is 140 Å². The molecule has 130 valence electrons. The molecule has 0 bridgehead atoms. The molecule has 0 unspecified atom stereocenters. The molecule has 1 heterocycles. The summed E-state index contributed by atoms with van der Waals surface area (Å²) in [5, 5.41) is 14.2. The number of methoxy groups -OCH3 is 1. The third kappa shape index (κ3) is 3.36. The molecule has 0 aliphatic carbocycles. The predicted molar refractivity (Wildman–Crippen MR) is 89.7 cm³/mol. The number of hydrogen-bond acceptors (Lipinski definition) is 4. The van der Waals surface area contributed by atoms with Crippen molar-refractivity contribution >= 4 is 10.8 Å². The summed E-state index contributed by atoms with van der Waals surface area (Å²) in [4.78, 5) is 1.75. The van der Waals surface area contributed by atoms with Crippen LogP contribution in [0.15, 0.2) is 36.4 Å². The minimum atomic E-state index is -3.20. The first-order valence-electron chi connectivity index (χ1n) is 8.06. The molecule has 0 amide bonds. The van der Waals surface area contributed by atoms with Gasteiger partial charge >= 0.3 is 0 Å². The monoisotopic (exact) mass is 336 g/mol. The van der Waals surface area contributed by atoms with Gasteiger partial charge in [-0.1, -0.05) is 18.2 Å². The van der Waals surface area contributed by atoms with Gasteiger partial charge in [-0.2, -0.15) is 0 Å². The van der Waals surface area contributed by atoms with E-state index in [2.05, 4.69) is 5.32 Å². The Morgan fingerprint density at radius 3 is 2.50 bits per heavy atom. The van der Waals surface area contributed by atoms with Crippen LogP contribution >= 0.6 is 0 Å². The zero-order valence-corrected chi connectivity index (χ0v) is 13.6. The van der Waals surface area contributed by atoms with Gasteiger partial charge in [0.05, 0.1) is 7.11 Å².